The number of nitriles is 1. The van der Waals surface area contributed by atoms with E-state index < -0.39 is 17.6 Å². The molecule has 0 saturated carbocycles. The Labute approximate surface area is 153 Å². The molecule has 7 nitrogen and oxygen atoms in total. The number of nitrogens with zero attached hydrogens (tertiary/aromatic N) is 2. The van der Waals surface area contributed by atoms with Crippen molar-refractivity contribution in [1.82, 2.24) is 4.90 Å². The van der Waals surface area contributed by atoms with Crippen LogP contribution < -0.4 is 5.32 Å². The lowest BCUT2D eigenvalue weighted by Gasteiger charge is -2.38. The van der Waals surface area contributed by atoms with Crippen LogP contribution in [0.15, 0.2) is 18.2 Å². The van der Waals surface area contributed by atoms with Gasteiger partial charge in [0.05, 0.1) is 23.2 Å². The molecule has 1 aliphatic heterocycles. The first kappa shape index (κ1) is 19.6. The zero-order valence-corrected chi connectivity index (χ0v) is 15.6. The zero-order valence-electron chi connectivity index (χ0n) is 15.6. The maximum absolute atomic E-state index is 12.6. The number of rotatable bonds is 2. The minimum absolute atomic E-state index is 0.00998. The van der Waals surface area contributed by atoms with Crippen LogP contribution in [0.3, 0.4) is 0 Å². The lowest BCUT2D eigenvalue weighted by atomic mass is 9.93. The third kappa shape index (κ3) is 4.88. The molecule has 7 heteroatoms. The van der Waals surface area contributed by atoms with Gasteiger partial charge in [-0.25, -0.2) is 4.79 Å². The van der Waals surface area contributed by atoms with Crippen LogP contribution in [0.5, 0.6) is 5.75 Å². The summed E-state index contributed by atoms with van der Waals surface area (Å²) < 4.78 is 5.42. The number of benzene rings is 1. The fraction of sp³-hybridized carbons (Fsp3) is 0.526. The number of carbonyl (C=O) groups is 2. The highest BCUT2D eigenvalue weighted by Crippen LogP contribution is 2.28. The Balaban J connectivity index is 2.08. The van der Waals surface area contributed by atoms with Crippen molar-refractivity contribution < 1.29 is 19.4 Å². The minimum atomic E-state index is -0.602. The van der Waals surface area contributed by atoms with Gasteiger partial charge in [0, 0.05) is 12.6 Å². The third-order valence-electron chi connectivity index (χ3n) is 4.26. The van der Waals surface area contributed by atoms with E-state index in [4.69, 9.17) is 10.00 Å². The van der Waals surface area contributed by atoms with Crippen LogP contribution in [0.4, 0.5) is 10.5 Å². The summed E-state index contributed by atoms with van der Waals surface area (Å²) in [6, 6.07) is 6.21. The summed E-state index contributed by atoms with van der Waals surface area (Å²) in [7, 11) is 0. The largest absolute Gasteiger partial charge is 0.506 e. The SMILES string of the molecule is C[C@@H]1CC[C@@H](C(=O)Nc2cc(C#N)ccc2O)CN1C(=O)OC(C)(C)C. The van der Waals surface area contributed by atoms with Gasteiger partial charge in [-0.15, -0.1) is 0 Å². The molecule has 1 aromatic rings. The highest BCUT2D eigenvalue weighted by atomic mass is 16.6. The normalized spacial score (nSPS) is 20.2. The Morgan fingerprint density at radius 1 is 1.35 bits per heavy atom. The van der Waals surface area contributed by atoms with Crippen LogP contribution in [0, 0.1) is 17.2 Å². The van der Waals surface area contributed by atoms with Crippen molar-refractivity contribution in [3.8, 4) is 11.8 Å². The Morgan fingerprint density at radius 3 is 2.65 bits per heavy atom. The van der Waals surface area contributed by atoms with Gasteiger partial charge < -0.3 is 20.1 Å². The molecule has 2 N–H and O–H groups in total. The molecule has 0 radical (unpaired) electrons. The molecule has 1 heterocycles. The summed E-state index contributed by atoms with van der Waals surface area (Å²) in [5.74, 6) is -0.815. The van der Waals surface area contributed by atoms with Crippen molar-refractivity contribution in [3.63, 3.8) is 0 Å². The molecule has 2 atom stereocenters. The van der Waals surface area contributed by atoms with E-state index in [0.717, 1.165) is 0 Å². The summed E-state index contributed by atoms with van der Waals surface area (Å²) in [5.41, 5.74) is -0.0718. The summed E-state index contributed by atoms with van der Waals surface area (Å²) in [6.07, 6.45) is 0.879. The molecule has 1 fully saturated rings. The van der Waals surface area contributed by atoms with Crippen LogP contribution >= 0.6 is 0 Å². The number of aromatic hydroxyl groups is 1. The van der Waals surface area contributed by atoms with Crippen LogP contribution in [-0.4, -0.2) is 40.2 Å². The van der Waals surface area contributed by atoms with Gasteiger partial charge in [0.25, 0.3) is 0 Å². The molecule has 26 heavy (non-hydrogen) atoms. The zero-order chi connectivity index (χ0) is 19.5. The van der Waals surface area contributed by atoms with Gasteiger partial charge in [0.1, 0.15) is 11.4 Å². The fourth-order valence-corrected chi connectivity index (χ4v) is 2.84. The summed E-state index contributed by atoms with van der Waals surface area (Å²) in [4.78, 5) is 26.6. The van der Waals surface area contributed by atoms with Gasteiger partial charge in [-0.2, -0.15) is 5.26 Å². The maximum atomic E-state index is 12.6. The van der Waals surface area contributed by atoms with E-state index in [1.54, 1.807) is 25.7 Å². The second-order valence-corrected chi connectivity index (χ2v) is 7.59. The molecule has 2 amide bonds. The predicted molar refractivity (Wildman–Crippen MR) is 96.6 cm³/mol. The highest BCUT2D eigenvalue weighted by Gasteiger charge is 2.35. The molecule has 0 aromatic heterocycles. The minimum Gasteiger partial charge on any atom is -0.506 e. The van der Waals surface area contributed by atoms with Crippen LogP contribution in [0.1, 0.15) is 46.1 Å². The average Bonchev–Trinajstić information content (AvgIpc) is 2.55. The Hall–Kier alpha value is -2.75. The molecule has 1 saturated heterocycles. The number of likely N-dealkylation sites (tertiary alicyclic amines) is 1. The average molecular weight is 359 g/mol. The molecule has 2 rings (SSSR count). The maximum Gasteiger partial charge on any atom is 0.410 e. The van der Waals surface area contributed by atoms with Crippen molar-refractivity contribution in [2.45, 2.75) is 52.2 Å². The van der Waals surface area contributed by atoms with E-state index in [1.807, 2.05) is 13.0 Å². The standard InChI is InChI=1S/C19H25N3O4/c1-12-5-7-14(11-22(12)18(25)26-19(2,3)4)17(24)21-15-9-13(10-20)6-8-16(15)23/h6,8-9,12,14,23H,5,7,11H2,1-4H3,(H,21,24)/t12-,14-/m1/s1. The molecule has 1 aromatic carbocycles. The molecular formula is C19H25N3O4. The second-order valence-electron chi connectivity index (χ2n) is 7.59. The van der Waals surface area contributed by atoms with Gasteiger partial charge >= 0.3 is 6.09 Å². The number of hydrogen-bond donors (Lipinski definition) is 2. The van der Waals surface area contributed by atoms with Gasteiger partial charge in [-0.1, -0.05) is 0 Å². The number of piperidine rings is 1. The van der Waals surface area contributed by atoms with Gasteiger partial charge in [0.2, 0.25) is 5.91 Å². The highest BCUT2D eigenvalue weighted by molar-refractivity contribution is 5.94. The van der Waals surface area contributed by atoms with Crippen molar-refractivity contribution in [3.05, 3.63) is 23.8 Å². The van der Waals surface area contributed by atoms with E-state index in [-0.39, 0.29) is 29.9 Å². The van der Waals surface area contributed by atoms with Gasteiger partial charge in [-0.05, 0) is 58.7 Å². The number of amides is 2. The predicted octanol–water partition coefficient (Wildman–Crippen LogP) is 3.24. The first-order valence-electron chi connectivity index (χ1n) is 8.64. The Morgan fingerprint density at radius 2 is 2.04 bits per heavy atom. The number of ether oxygens (including phenoxy) is 1. The third-order valence-corrected chi connectivity index (χ3v) is 4.26. The van der Waals surface area contributed by atoms with Crippen LogP contribution in [0.2, 0.25) is 0 Å². The number of phenols is 1. The van der Waals surface area contributed by atoms with E-state index >= 15 is 0 Å². The Bertz CT molecular complexity index is 733. The quantitative estimate of drug-likeness (QED) is 0.789. The van der Waals surface area contributed by atoms with E-state index in [1.165, 1.54) is 18.2 Å². The summed E-state index contributed by atoms with van der Waals surface area (Å²) >= 11 is 0. The van der Waals surface area contributed by atoms with Crippen molar-refractivity contribution >= 4 is 17.7 Å². The number of hydrogen-bond acceptors (Lipinski definition) is 5. The summed E-state index contributed by atoms with van der Waals surface area (Å²) in [6.45, 7) is 7.58. The lowest BCUT2D eigenvalue weighted by molar-refractivity contribution is -0.121. The molecule has 140 valence electrons. The first-order chi connectivity index (χ1) is 12.1. The number of carbonyl (C=O) groups excluding carboxylic acids is 2. The fourth-order valence-electron chi connectivity index (χ4n) is 2.84. The van der Waals surface area contributed by atoms with Gasteiger partial charge in [0.15, 0.2) is 0 Å². The number of anilines is 1. The molecule has 0 aliphatic carbocycles. The first-order valence-corrected chi connectivity index (χ1v) is 8.64. The van der Waals surface area contributed by atoms with Crippen molar-refractivity contribution in [1.29, 1.82) is 5.26 Å². The van der Waals surface area contributed by atoms with E-state index in [0.29, 0.717) is 18.4 Å². The van der Waals surface area contributed by atoms with Crippen LogP contribution in [0.25, 0.3) is 0 Å². The Kier molecular flexibility index (Phi) is 5.76. The van der Waals surface area contributed by atoms with Crippen molar-refractivity contribution in [2.24, 2.45) is 5.92 Å². The van der Waals surface area contributed by atoms with E-state index in [2.05, 4.69) is 5.32 Å². The lowest BCUT2D eigenvalue weighted by Crippen LogP contribution is -2.49. The topological polar surface area (TPSA) is 103 Å². The number of nitrogens with one attached hydrogen (secondary N) is 1. The second kappa shape index (κ2) is 7.65. The molecular weight excluding hydrogens is 334 g/mol. The molecule has 0 unspecified atom stereocenters. The van der Waals surface area contributed by atoms with Crippen LogP contribution in [-0.2, 0) is 9.53 Å². The monoisotopic (exact) mass is 359 g/mol. The molecule has 0 bridgehead atoms. The van der Waals surface area contributed by atoms with E-state index in [9.17, 15) is 14.7 Å². The van der Waals surface area contributed by atoms with Gasteiger partial charge in [-0.3, -0.25) is 4.79 Å². The molecule has 1 aliphatic rings. The van der Waals surface area contributed by atoms with Crippen molar-refractivity contribution in [2.75, 3.05) is 11.9 Å². The number of phenolic OH excluding ortho intramolecular Hbond substituents is 1. The molecule has 0 spiro atoms. The smallest absolute Gasteiger partial charge is 0.410 e. The summed E-state index contributed by atoms with van der Waals surface area (Å²) in [5, 5.41) is 21.5.